The van der Waals surface area contributed by atoms with E-state index in [9.17, 15) is 0 Å². The van der Waals surface area contributed by atoms with Crippen molar-refractivity contribution < 1.29 is 10.0 Å². The number of oxime groups is 1. The first-order valence-corrected chi connectivity index (χ1v) is 1.36. The second-order valence-corrected chi connectivity index (χ2v) is 0.567. The zero-order valence-electron chi connectivity index (χ0n) is 3.38. The van der Waals surface area contributed by atoms with Crippen molar-refractivity contribution in [1.82, 2.24) is 5.48 Å². The number of nitrogens with zero attached hydrogens (tertiary/aromatic N) is 1. The Labute approximate surface area is 35.4 Å². The molecule has 4 nitrogen and oxygen atoms in total. The minimum absolute atomic E-state index is 1.01. The van der Waals surface area contributed by atoms with Gasteiger partial charge in [-0.2, -0.15) is 0 Å². The summed E-state index contributed by atoms with van der Waals surface area (Å²) < 4.78 is 0. The SMILES string of the molecule is CON/C=N\O. The van der Waals surface area contributed by atoms with Crippen LogP contribution >= 0.6 is 0 Å². The number of rotatable bonds is 2. The van der Waals surface area contributed by atoms with Gasteiger partial charge in [-0.15, -0.1) is 0 Å². The lowest BCUT2D eigenvalue weighted by molar-refractivity contribution is 0.145. The number of hydrogen-bond donors (Lipinski definition) is 2. The average molecular weight is 90.1 g/mol. The van der Waals surface area contributed by atoms with E-state index in [1.54, 1.807) is 0 Å². The van der Waals surface area contributed by atoms with Crippen LogP contribution in [0.1, 0.15) is 0 Å². The zero-order chi connectivity index (χ0) is 4.83. The minimum Gasteiger partial charge on any atom is -0.410 e. The van der Waals surface area contributed by atoms with Gasteiger partial charge in [0, 0.05) is 0 Å². The molecule has 0 amide bonds. The lowest BCUT2D eigenvalue weighted by atomic mass is 11.4. The highest BCUT2D eigenvalue weighted by atomic mass is 16.6. The topological polar surface area (TPSA) is 53.8 Å². The van der Waals surface area contributed by atoms with E-state index in [1.807, 2.05) is 0 Å². The summed E-state index contributed by atoms with van der Waals surface area (Å²) in [4.78, 5) is 4.22. The number of nitrogens with one attached hydrogen (secondary N) is 1. The van der Waals surface area contributed by atoms with Gasteiger partial charge in [-0.1, -0.05) is 5.16 Å². The van der Waals surface area contributed by atoms with Gasteiger partial charge in [0.05, 0.1) is 7.11 Å². The Morgan fingerprint density at radius 1 is 2.00 bits per heavy atom. The summed E-state index contributed by atoms with van der Waals surface area (Å²) in [5.41, 5.74) is 2.16. The summed E-state index contributed by atoms with van der Waals surface area (Å²) >= 11 is 0. The Balaban J connectivity index is 2.66. The summed E-state index contributed by atoms with van der Waals surface area (Å²) in [6, 6.07) is 0. The van der Waals surface area contributed by atoms with Gasteiger partial charge in [-0.05, 0) is 0 Å². The Kier molecular flexibility index (Phi) is 3.69. The predicted octanol–water partition coefficient (Wildman–Crippen LogP) is -0.445. The molecule has 0 saturated carbocycles. The monoisotopic (exact) mass is 90.0 g/mol. The van der Waals surface area contributed by atoms with Crippen molar-refractivity contribution in [1.29, 1.82) is 0 Å². The van der Waals surface area contributed by atoms with Crippen LogP contribution in [0.25, 0.3) is 0 Å². The molecule has 0 radical (unpaired) electrons. The van der Waals surface area contributed by atoms with Crippen LogP contribution < -0.4 is 5.48 Å². The molecule has 0 unspecified atom stereocenters. The van der Waals surface area contributed by atoms with E-state index in [0.717, 1.165) is 6.34 Å². The maximum atomic E-state index is 7.62. The van der Waals surface area contributed by atoms with Crippen LogP contribution in [-0.2, 0) is 4.84 Å². The molecule has 0 bridgehead atoms. The highest BCUT2D eigenvalue weighted by molar-refractivity contribution is 5.51. The molecule has 0 aliphatic rings. The van der Waals surface area contributed by atoms with Crippen molar-refractivity contribution in [3.05, 3.63) is 0 Å². The van der Waals surface area contributed by atoms with Crippen LogP contribution in [0.2, 0.25) is 0 Å². The molecule has 36 valence electrons. The maximum Gasteiger partial charge on any atom is 0.152 e. The molecule has 0 aliphatic heterocycles. The van der Waals surface area contributed by atoms with Gasteiger partial charge in [0.2, 0.25) is 0 Å². The summed E-state index contributed by atoms with van der Waals surface area (Å²) in [6.07, 6.45) is 1.01. The van der Waals surface area contributed by atoms with Crippen molar-refractivity contribution >= 4 is 6.34 Å². The van der Waals surface area contributed by atoms with Crippen LogP contribution in [0, 0.1) is 0 Å². The largest absolute Gasteiger partial charge is 0.410 e. The van der Waals surface area contributed by atoms with Gasteiger partial charge in [0.25, 0.3) is 0 Å². The first-order valence-electron chi connectivity index (χ1n) is 1.36. The van der Waals surface area contributed by atoms with Gasteiger partial charge in [-0.25, -0.2) is 0 Å². The van der Waals surface area contributed by atoms with Gasteiger partial charge < -0.3 is 5.21 Å². The lowest BCUT2D eigenvalue weighted by Crippen LogP contribution is -2.06. The van der Waals surface area contributed by atoms with Crippen molar-refractivity contribution in [2.24, 2.45) is 5.16 Å². The standard InChI is InChI=1S/C2H6N2O2/c1-6-4-2-3-5/h2,5H,1H3,(H,3,4). The summed E-state index contributed by atoms with van der Waals surface area (Å²) in [7, 11) is 1.42. The lowest BCUT2D eigenvalue weighted by Gasteiger charge is -1.85. The van der Waals surface area contributed by atoms with Crippen LogP contribution in [0.3, 0.4) is 0 Å². The molecule has 0 saturated heterocycles. The summed E-state index contributed by atoms with van der Waals surface area (Å²) in [5.74, 6) is 0. The molecule has 0 fully saturated rings. The average Bonchev–Trinajstić information content (AvgIpc) is 1.61. The highest BCUT2D eigenvalue weighted by Crippen LogP contribution is 1.44. The van der Waals surface area contributed by atoms with Gasteiger partial charge in [-0.3, -0.25) is 10.3 Å². The van der Waals surface area contributed by atoms with Crippen molar-refractivity contribution in [3.8, 4) is 0 Å². The smallest absolute Gasteiger partial charge is 0.152 e. The highest BCUT2D eigenvalue weighted by Gasteiger charge is 1.58. The van der Waals surface area contributed by atoms with E-state index in [2.05, 4.69) is 15.5 Å². The third kappa shape index (κ3) is 3.23. The Morgan fingerprint density at radius 3 is 2.83 bits per heavy atom. The second kappa shape index (κ2) is 4.23. The molecule has 0 aromatic carbocycles. The first kappa shape index (κ1) is 5.23. The first-order chi connectivity index (χ1) is 2.91. The minimum atomic E-state index is 1.01. The molecule has 0 aromatic rings. The molecule has 0 atom stereocenters. The molecule has 0 spiro atoms. The van der Waals surface area contributed by atoms with Crippen LogP contribution in [0.15, 0.2) is 5.16 Å². The van der Waals surface area contributed by atoms with E-state index in [-0.39, 0.29) is 0 Å². The molecule has 0 aliphatic carbocycles. The quantitative estimate of drug-likeness (QED) is 0.209. The van der Waals surface area contributed by atoms with Crippen molar-refractivity contribution in [3.63, 3.8) is 0 Å². The van der Waals surface area contributed by atoms with E-state index in [4.69, 9.17) is 5.21 Å². The van der Waals surface area contributed by atoms with E-state index in [1.165, 1.54) is 7.11 Å². The molecule has 6 heavy (non-hydrogen) atoms. The van der Waals surface area contributed by atoms with Crippen LogP contribution in [0.4, 0.5) is 0 Å². The summed E-state index contributed by atoms with van der Waals surface area (Å²) in [6.45, 7) is 0. The third-order valence-electron chi connectivity index (χ3n) is 0.228. The molecule has 2 N–H and O–H groups in total. The van der Waals surface area contributed by atoms with Gasteiger partial charge in [0.15, 0.2) is 6.34 Å². The molecule has 0 aromatic heterocycles. The summed E-state index contributed by atoms with van der Waals surface area (Å²) in [5, 5.41) is 10.2. The normalized spacial score (nSPS) is 9.50. The van der Waals surface area contributed by atoms with E-state index >= 15 is 0 Å². The zero-order valence-corrected chi connectivity index (χ0v) is 3.38. The molecular formula is C2H6N2O2. The van der Waals surface area contributed by atoms with Gasteiger partial charge >= 0.3 is 0 Å². The molecular weight excluding hydrogens is 84.0 g/mol. The van der Waals surface area contributed by atoms with Crippen LogP contribution in [-0.4, -0.2) is 18.7 Å². The Morgan fingerprint density at radius 2 is 2.67 bits per heavy atom. The fourth-order valence-corrected chi connectivity index (χ4v) is 0.0763. The molecule has 0 rings (SSSR count). The van der Waals surface area contributed by atoms with E-state index in [0.29, 0.717) is 0 Å². The molecule has 4 heteroatoms. The fourth-order valence-electron chi connectivity index (χ4n) is 0.0763. The second-order valence-electron chi connectivity index (χ2n) is 0.567. The third-order valence-corrected chi connectivity index (χ3v) is 0.228. The van der Waals surface area contributed by atoms with E-state index < -0.39 is 0 Å². The fraction of sp³-hybridized carbons (Fsp3) is 0.500. The number of hydrogen-bond acceptors (Lipinski definition) is 3. The van der Waals surface area contributed by atoms with Crippen molar-refractivity contribution in [2.75, 3.05) is 7.11 Å². The maximum absolute atomic E-state index is 7.62. The predicted molar refractivity (Wildman–Crippen MR) is 20.4 cm³/mol. The number of hydroxylamine groups is 1. The Bertz CT molecular complexity index is 44.8. The van der Waals surface area contributed by atoms with Gasteiger partial charge in [0.1, 0.15) is 0 Å². The van der Waals surface area contributed by atoms with Crippen LogP contribution in [0.5, 0.6) is 0 Å². The Hall–Kier alpha value is -0.770. The molecule has 0 heterocycles. The van der Waals surface area contributed by atoms with Crippen molar-refractivity contribution in [2.45, 2.75) is 0 Å².